The Balaban J connectivity index is 1.20. The van der Waals surface area contributed by atoms with Crippen LogP contribution < -0.4 is 14.5 Å². The summed E-state index contributed by atoms with van der Waals surface area (Å²) in [5, 5.41) is 12.1. The summed E-state index contributed by atoms with van der Waals surface area (Å²) in [4.78, 5) is 31.7. The molecule has 1 amide bonds. The van der Waals surface area contributed by atoms with E-state index in [0.717, 1.165) is 36.6 Å². The summed E-state index contributed by atoms with van der Waals surface area (Å²) in [6, 6.07) is 15.5. The van der Waals surface area contributed by atoms with Crippen molar-refractivity contribution in [2.45, 2.75) is 51.6 Å². The fourth-order valence-electron chi connectivity index (χ4n) is 7.18. The number of piperazine rings is 1. The average molecular weight is 592 g/mol. The number of carbonyl (C=O) groups is 1. The number of likely N-dealkylation sites (tertiary alicyclic amines) is 1. The Morgan fingerprint density at radius 3 is 2.66 bits per heavy atom. The molecule has 1 atom stereocenters. The predicted octanol–water partition coefficient (Wildman–Crippen LogP) is 4.48. The van der Waals surface area contributed by atoms with Crippen molar-refractivity contribution in [1.29, 1.82) is 5.26 Å². The molecule has 4 heterocycles. The number of hydrogen-bond acceptors (Lipinski definition) is 8. The van der Waals surface area contributed by atoms with Crippen molar-refractivity contribution in [3.63, 3.8) is 0 Å². The minimum Gasteiger partial charge on any atom is -0.463 e. The number of anilines is 2. The van der Waals surface area contributed by atoms with Crippen LogP contribution in [0.15, 0.2) is 49.1 Å². The molecule has 3 fully saturated rings. The number of fused-ring (bicyclic) bond motifs is 2. The SMILES string of the molecule is C=CC(=O)N1CCN(c2nc(OCC3(CN4CCC4)CC3)nc3c2CCN(c2cccc4cccc(C)c24)C3)CC1CC#N. The Kier molecular flexibility index (Phi) is 7.63. The van der Waals surface area contributed by atoms with E-state index in [1.165, 1.54) is 60.5 Å². The molecule has 4 aliphatic rings. The molecule has 44 heavy (non-hydrogen) atoms. The monoisotopic (exact) mass is 591 g/mol. The number of benzene rings is 2. The third-order valence-electron chi connectivity index (χ3n) is 9.99. The maximum Gasteiger partial charge on any atom is 0.318 e. The first kappa shape index (κ1) is 28.6. The molecule has 1 aromatic heterocycles. The zero-order valence-corrected chi connectivity index (χ0v) is 25.7. The molecule has 0 radical (unpaired) electrons. The molecule has 0 N–H and O–H groups in total. The van der Waals surface area contributed by atoms with Gasteiger partial charge in [0.05, 0.1) is 37.4 Å². The summed E-state index contributed by atoms with van der Waals surface area (Å²) in [7, 11) is 0. The number of aryl methyl sites for hydroxylation is 1. The fraction of sp³-hybridized carbons (Fsp3) is 0.486. The molecule has 2 aromatic carbocycles. The lowest BCUT2D eigenvalue weighted by Gasteiger charge is -2.42. The van der Waals surface area contributed by atoms with Gasteiger partial charge in [0.2, 0.25) is 5.91 Å². The van der Waals surface area contributed by atoms with E-state index in [-0.39, 0.29) is 23.8 Å². The van der Waals surface area contributed by atoms with E-state index < -0.39 is 0 Å². The summed E-state index contributed by atoms with van der Waals surface area (Å²) in [6.45, 7) is 13.2. The summed E-state index contributed by atoms with van der Waals surface area (Å²) < 4.78 is 6.46. The van der Waals surface area contributed by atoms with Crippen molar-refractivity contribution in [2.75, 3.05) is 62.2 Å². The van der Waals surface area contributed by atoms with E-state index >= 15 is 0 Å². The first-order valence-corrected chi connectivity index (χ1v) is 16.0. The molecule has 1 saturated carbocycles. The van der Waals surface area contributed by atoms with Crippen LogP contribution in [0.25, 0.3) is 10.8 Å². The van der Waals surface area contributed by atoms with E-state index in [1.54, 1.807) is 4.90 Å². The minimum atomic E-state index is -0.223. The van der Waals surface area contributed by atoms with Crippen LogP contribution in [-0.2, 0) is 17.8 Å². The van der Waals surface area contributed by atoms with Crippen molar-refractivity contribution in [3.8, 4) is 12.1 Å². The summed E-state index contributed by atoms with van der Waals surface area (Å²) in [5.74, 6) is 0.761. The highest BCUT2D eigenvalue weighted by Crippen LogP contribution is 2.47. The number of hydrogen-bond donors (Lipinski definition) is 0. The highest BCUT2D eigenvalue weighted by atomic mass is 16.5. The van der Waals surface area contributed by atoms with Gasteiger partial charge in [-0.3, -0.25) is 4.79 Å². The number of ether oxygens (including phenoxy) is 1. The second-order valence-electron chi connectivity index (χ2n) is 13.0. The zero-order chi connectivity index (χ0) is 30.3. The van der Waals surface area contributed by atoms with Gasteiger partial charge in [0.25, 0.3) is 0 Å². The lowest BCUT2D eigenvalue weighted by Crippen LogP contribution is -2.55. The molecule has 3 aromatic rings. The van der Waals surface area contributed by atoms with Gasteiger partial charge in [0.1, 0.15) is 5.82 Å². The van der Waals surface area contributed by atoms with Crippen molar-refractivity contribution in [2.24, 2.45) is 5.41 Å². The molecular formula is C35H41N7O2. The van der Waals surface area contributed by atoms with Crippen LogP contribution in [-0.4, -0.2) is 84.1 Å². The largest absolute Gasteiger partial charge is 0.463 e. The molecule has 2 saturated heterocycles. The molecule has 228 valence electrons. The average Bonchev–Trinajstić information content (AvgIpc) is 3.80. The van der Waals surface area contributed by atoms with Gasteiger partial charge in [-0.1, -0.05) is 36.9 Å². The Labute approximate surface area is 259 Å². The third-order valence-corrected chi connectivity index (χ3v) is 9.99. The molecule has 3 aliphatic heterocycles. The molecule has 9 heteroatoms. The first-order chi connectivity index (χ1) is 21.5. The number of aromatic nitrogens is 2. The van der Waals surface area contributed by atoms with Crippen molar-refractivity contribution < 1.29 is 9.53 Å². The smallest absolute Gasteiger partial charge is 0.318 e. The van der Waals surface area contributed by atoms with E-state index in [0.29, 0.717) is 38.8 Å². The Morgan fingerprint density at radius 2 is 1.93 bits per heavy atom. The summed E-state index contributed by atoms with van der Waals surface area (Å²) in [6.07, 6.45) is 6.07. The van der Waals surface area contributed by atoms with E-state index in [9.17, 15) is 10.1 Å². The van der Waals surface area contributed by atoms with Crippen LogP contribution in [0.5, 0.6) is 6.01 Å². The maximum atomic E-state index is 12.6. The fourth-order valence-corrected chi connectivity index (χ4v) is 7.18. The van der Waals surface area contributed by atoms with E-state index in [4.69, 9.17) is 14.7 Å². The second kappa shape index (κ2) is 11.7. The quantitative estimate of drug-likeness (QED) is 0.337. The summed E-state index contributed by atoms with van der Waals surface area (Å²) in [5.41, 5.74) is 4.85. The van der Waals surface area contributed by atoms with E-state index in [1.807, 2.05) is 0 Å². The number of carbonyl (C=O) groups excluding carboxylic acids is 1. The van der Waals surface area contributed by atoms with Gasteiger partial charge in [-0.15, -0.1) is 0 Å². The highest BCUT2D eigenvalue weighted by Gasteiger charge is 2.46. The van der Waals surface area contributed by atoms with Gasteiger partial charge in [-0.05, 0) is 68.8 Å². The minimum absolute atomic E-state index is 0.128. The number of amides is 1. The molecule has 9 nitrogen and oxygen atoms in total. The summed E-state index contributed by atoms with van der Waals surface area (Å²) >= 11 is 0. The van der Waals surface area contributed by atoms with Crippen LogP contribution in [0.3, 0.4) is 0 Å². The molecule has 7 rings (SSSR count). The lowest BCUT2D eigenvalue weighted by molar-refractivity contribution is -0.128. The van der Waals surface area contributed by atoms with Crippen LogP contribution in [0.2, 0.25) is 0 Å². The third kappa shape index (κ3) is 5.48. The van der Waals surface area contributed by atoms with Gasteiger partial charge in [-0.2, -0.15) is 15.2 Å². The van der Waals surface area contributed by atoms with Crippen LogP contribution in [0.1, 0.15) is 42.5 Å². The first-order valence-electron chi connectivity index (χ1n) is 16.0. The Bertz CT molecular complexity index is 1620. The second-order valence-corrected chi connectivity index (χ2v) is 13.0. The van der Waals surface area contributed by atoms with Gasteiger partial charge in [0, 0.05) is 54.8 Å². The highest BCUT2D eigenvalue weighted by molar-refractivity contribution is 5.97. The lowest BCUT2D eigenvalue weighted by atomic mass is 9.99. The van der Waals surface area contributed by atoms with Crippen molar-refractivity contribution >= 4 is 28.2 Å². The molecule has 0 spiro atoms. The molecule has 0 bridgehead atoms. The van der Waals surface area contributed by atoms with Gasteiger partial charge < -0.3 is 24.3 Å². The number of nitrogens with zero attached hydrogens (tertiary/aromatic N) is 7. The van der Waals surface area contributed by atoms with Gasteiger partial charge >= 0.3 is 6.01 Å². The standard InChI is InChI=1S/C35H41N7O2/c1-3-31(43)42-20-19-41(21-27(42)11-15-36)33-28-12-18-40(30-10-5-9-26-8-4-7-25(2)32(26)30)22-29(28)37-34(38-33)44-24-35(13-14-35)23-39-16-6-17-39/h3-5,7-10,27H,1,6,11-14,16-24H2,2H3. The Hall–Kier alpha value is -4.16. The number of nitriles is 1. The topological polar surface area (TPSA) is 88.8 Å². The molecule has 1 unspecified atom stereocenters. The van der Waals surface area contributed by atoms with Crippen LogP contribution >= 0.6 is 0 Å². The Morgan fingerprint density at radius 1 is 1.11 bits per heavy atom. The zero-order valence-electron chi connectivity index (χ0n) is 25.7. The molecular weight excluding hydrogens is 550 g/mol. The van der Waals surface area contributed by atoms with Gasteiger partial charge in [0.15, 0.2) is 0 Å². The van der Waals surface area contributed by atoms with Crippen molar-refractivity contribution in [1.82, 2.24) is 19.8 Å². The van der Waals surface area contributed by atoms with Crippen LogP contribution in [0, 0.1) is 23.7 Å². The number of rotatable bonds is 9. The molecule has 1 aliphatic carbocycles. The van der Waals surface area contributed by atoms with Crippen LogP contribution in [0.4, 0.5) is 11.5 Å². The van der Waals surface area contributed by atoms with Gasteiger partial charge in [-0.25, -0.2) is 0 Å². The predicted molar refractivity (Wildman–Crippen MR) is 172 cm³/mol. The maximum absolute atomic E-state index is 12.6. The van der Waals surface area contributed by atoms with E-state index in [2.05, 4.69) is 70.7 Å². The normalized spacial score (nSPS) is 20.9. The van der Waals surface area contributed by atoms with Crippen molar-refractivity contribution in [3.05, 3.63) is 65.9 Å².